The van der Waals surface area contributed by atoms with Gasteiger partial charge in [-0.2, -0.15) is 0 Å². The van der Waals surface area contributed by atoms with Gasteiger partial charge in [-0.1, -0.05) is 41.5 Å². The third-order valence-corrected chi connectivity index (χ3v) is 4.47. The number of benzene rings is 2. The molecule has 5 N–H and O–H groups in total. The van der Waals surface area contributed by atoms with Crippen molar-refractivity contribution in [1.29, 1.82) is 0 Å². The molecule has 150 valence electrons. The van der Waals surface area contributed by atoms with E-state index >= 15 is 0 Å². The summed E-state index contributed by atoms with van der Waals surface area (Å²) < 4.78 is 0. The summed E-state index contributed by atoms with van der Waals surface area (Å²) in [5.74, 6) is -0.0315. The number of aromatic hydroxyl groups is 2. The number of nitrogen functional groups attached to an aromatic ring is 1. The van der Waals surface area contributed by atoms with Gasteiger partial charge in [0.2, 0.25) is 5.91 Å². The highest BCUT2D eigenvalue weighted by atomic mass is 16.3. The molecule has 0 aliphatic carbocycles. The molecular weight excluding hydrogens is 352 g/mol. The number of phenols is 2. The lowest BCUT2D eigenvalue weighted by Gasteiger charge is -2.27. The van der Waals surface area contributed by atoms with Crippen LogP contribution in [-0.2, 0) is 15.6 Å². The molecule has 0 aromatic heterocycles. The van der Waals surface area contributed by atoms with Crippen LogP contribution in [0.5, 0.6) is 11.5 Å². The maximum absolute atomic E-state index is 12.3. The summed E-state index contributed by atoms with van der Waals surface area (Å²) >= 11 is 0. The van der Waals surface area contributed by atoms with E-state index < -0.39 is 0 Å². The zero-order valence-electron chi connectivity index (χ0n) is 17.4. The van der Waals surface area contributed by atoms with Crippen molar-refractivity contribution >= 4 is 23.4 Å². The number of phenolic OH excluding ortho intramolecular Hbond substituents is 2. The first kappa shape index (κ1) is 21.4. The summed E-state index contributed by atoms with van der Waals surface area (Å²) in [5.41, 5.74) is 8.39. The number of carbonyl (C=O) groups is 1. The van der Waals surface area contributed by atoms with Crippen LogP contribution in [-0.4, -0.2) is 16.1 Å². The number of hydrogen-bond acceptors (Lipinski definition) is 4. The highest BCUT2D eigenvalue weighted by Crippen LogP contribution is 2.40. The van der Waals surface area contributed by atoms with E-state index in [1.165, 1.54) is 18.2 Å². The Morgan fingerprint density at radius 3 is 1.96 bits per heavy atom. The van der Waals surface area contributed by atoms with E-state index in [9.17, 15) is 15.0 Å². The van der Waals surface area contributed by atoms with Gasteiger partial charge in [0.25, 0.3) is 0 Å². The molecule has 0 heterocycles. The molecule has 2 aromatic rings. The second kappa shape index (κ2) is 7.58. The van der Waals surface area contributed by atoms with Crippen LogP contribution in [0.3, 0.4) is 0 Å². The first-order valence-electron chi connectivity index (χ1n) is 9.24. The molecule has 28 heavy (non-hydrogen) atoms. The average Bonchev–Trinajstić information content (AvgIpc) is 2.55. The molecule has 5 heteroatoms. The van der Waals surface area contributed by atoms with E-state index in [0.717, 1.165) is 16.7 Å². The lowest BCUT2D eigenvalue weighted by molar-refractivity contribution is -0.111. The van der Waals surface area contributed by atoms with Gasteiger partial charge in [-0.25, -0.2) is 0 Å². The molecule has 0 radical (unpaired) electrons. The van der Waals surface area contributed by atoms with Gasteiger partial charge in [0, 0.05) is 22.9 Å². The van der Waals surface area contributed by atoms with Crippen LogP contribution in [0.15, 0.2) is 36.4 Å². The minimum atomic E-state index is -0.312. The standard InChI is InChI=1S/C23H30N2O3/c1-22(2,3)16-11-14(12-17(21(16)28)23(4,5)6)7-10-20(27)25-15-8-9-19(26)18(24)13-15/h7-13,26,28H,24H2,1-6H3,(H,25,27). The molecule has 0 saturated heterocycles. The molecule has 2 rings (SSSR count). The monoisotopic (exact) mass is 382 g/mol. The number of anilines is 2. The van der Waals surface area contributed by atoms with Gasteiger partial charge in [0.1, 0.15) is 11.5 Å². The molecular formula is C23H30N2O3. The SMILES string of the molecule is CC(C)(C)c1cc(C=CC(=O)Nc2ccc(O)c(N)c2)cc(C(C)(C)C)c1O. The fraction of sp³-hybridized carbons (Fsp3) is 0.348. The Bertz CT molecular complexity index is 881. The van der Waals surface area contributed by atoms with Gasteiger partial charge >= 0.3 is 0 Å². The predicted octanol–water partition coefficient (Wildman–Crippen LogP) is 4.93. The third-order valence-electron chi connectivity index (χ3n) is 4.47. The van der Waals surface area contributed by atoms with Gasteiger partial charge in [-0.05, 0) is 52.8 Å². The van der Waals surface area contributed by atoms with Crippen molar-refractivity contribution in [3.8, 4) is 11.5 Å². The topological polar surface area (TPSA) is 95.6 Å². The second-order valence-corrected chi connectivity index (χ2v) is 9.06. The number of nitrogens with one attached hydrogen (secondary N) is 1. The maximum atomic E-state index is 12.3. The summed E-state index contributed by atoms with van der Waals surface area (Å²) in [6.07, 6.45) is 3.16. The summed E-state index contributed by atoms with van der Waals surface area (Å²) in [6, 6.07) is 8.32. The number of carbonyl (C=O) groups excluding carboxylic acids is 1. The van der Waals surface area contributed by atoms with Crippen molar-refractivity contribution in [2.45, 2.75) is 52.4 Å². The Hall–Kier alpha value is -2.95. The van der Waals surface area contributed by atoms with Crippen molar-refractivity contribution in [1.82, 2.24) is 0 Å². The normalized spacial score (nSPS) is 12.4. The molecule has 0 atom stereocenters. The van der Waals surface area contributed by atoms with E-state index in [1.807, 2.05) is 53.7 Å². The van der Waals surface area contributed by atoms with E-state index in [-0.39, 0.29) is 28.2 Å². The number of rotatable bonds is 3. The molecule has 2 aromatic carbocycles. The van der Waals surface area contributed by atoms with Crippen molar-refractivity contribution in [2.24, 2.45) is 0 Å². The fourth-order valence-corrected chi connectivity index (χ4v) is 2.88. The minimum Gasteiger partial charge on any atom is -0.507 e. The summed E-state index contributed by atoms with van der Waals surface area (Å²) in [6.45, 7) is 12.3. The molecule has 0 aliphatic heterocycles. The van der Waals surface area contributed by atoms with E-state index in [1.54, 1.807) is 12.1 Å². The van der Waals surface area contributed by atoms with E-state index in [0.29, 0.717) is 11.4 Å². The van der Waals surface area contributed by atoms with Gasteiger partial charge in [0.15, 0.2) is 0 Å². The first-order valence-corrected chi connectivity index (χ1v) is 9.24. The van der Waals surface area contributed by atoms with Crippen LogP contribution >= 0.6 is 0 Å². The van der Waals surface area contributed by atoms with Gasteiger partial charge in [-0.15, -0.1) is 0 Å². The number of amides is 1. The minimum absolute atomic E-state index is 0.0259. The largest absolute Gasteiger partial charge is 0.507 e. The zero-order valence-corrected chi connectivity index (χ0v) is 17.4. The Kier molecular flexibility index (Phi) is 5.78. The lowest BCUT2D eigenvalue weighted by Crippen LogP contribution is -2.17. The Morgan fingerprint density at radius 2 is 1.50 bits per heavy atom. The molecule has 0 fully saturated rings. The first-order chi connectivity index (χ1) is 12.8. The average molecular weight is 383 g/mol. The summed E-state index contributed by atoms with van der Waals surface area (Å²) in [7, 11) is 0. The van der Waals surface area contributed by atoms with Crippen LogP contribution < -0.4 is 11.1 Å². The second-order valence-electron chi connectivity index (χ2n) is 9.06. The van der Waals surface area contributed by atoms with Crippen LogP contribution in [0.2, 0.25) is 0 Å². The van der Waals surface area contributed by atoms with Crippen molar-refractivity contribution < 1.29 is 15.0 Å². The molecule has 0 bridgehead atoms. The highest BCUT2D eigenvalue weighted by molar-refractivity contribution is 6.02. The van der Waals surface area contributed by atoms with Crippen molar-refractivity contribution in [3.05, 3.63) is 53.1 Å². The summed E-state index contributed by atoms with van der Waals surface area (Å²) in [4.78, 5) is 12.3. The fourth-order valence-electron chi connectivity index (χ4n) is 2.88. The van der Waals surface area contributed by atoms with E-state index in [2.05, 4.69) is 5.32 Å². The third kappa shape index (κ3) is 5.06. The number of nitrogens with two attached hydrogens (primary N) is 1. The molecule has 0 unspecified atom stereocenters. The van der Waals surface area contributed by atoms with Crippen LogP contribution in [0.25, 0.3) is 6.08 Å². The lowest BCUT2D eigenvalue weighted by atomic mass is 9.78. The van der Waals surface area contributed by atoms with Gasteiger partial charge < -0.3 is 21.3 Å². The smallest absolute Gasteiger partial charge is 0.248 e. The Labute approximate surface area is 166 Å². The summed E-state index contributed by atoms with van der Waals surface area (Å²) in [5, 5.41) is 22.9. The number of hydrogen-bond donors (Lipinski definition) is 4. The van der Waals surface area contributed by atoms with Crippen molar-refractivity contribution in [3.63, 3.8) is 0 Å². The predicted molar refractivity (Wildman–Crippen MR) is 116 cm³/mol. The van der Waals surface area contributed by atoms with Gasteiger partial charge in [-0.3, -0.25) is 4.79 Å². The van der Waals surface area contributed by atoms with Crippen LogP contribution in [0.4, 0.5) is 11.4 Å². The molecule has 1 amide bonds. The Balaban J connectivity index is 2.33. The zero-order chi connectivity index (χ0) is 21.3. The molecule has 0 spiro atoms. The highest BCUT2D eigenvalue weighted by Gasteiger charge is 2.26. The van der Waals surface area contributed by atoms with Crippen molar-refractivity contribution in [2.75, 3.05) is 11.1 Å². The Morgan fingerprint density at radius 1 is 0.964 bits per heavy atom. The van der Waals surface area contributed by atoms with Crippen LogP contribution in [0, 0.1) is 0 Å². The molecule has 0 aliphatic rings. The van der Waals surface area contributed by atoms with E-state index in [4.69, 9.17) is 5.73 Å². The van der Waals surface area contributed by atoms with Gasteiger partial charge in [0.05, 0.1) is 5.69 Å². The quantitative estimate of drug-likeness (QED) is 0.262. The maximum Gasteiger partial charge on any atom is 0.248 e. The molecule has 0 saturated carbocycles. The molecule has 5 nitrogen and oxygen atoms in total. The van der Waals surface area contributed by atoms with Crippen LogP contribution in [0.1, 0.15) is 58.2 Å².